The molecule has 30 heavy (non-hydrogen) atoms. The molecule has 1 heterocycles. The van der Waals surface area contributed by atoms with Crippen LogP contribution in [0.25, 0.3) is 0 Å². The molecule has 0 amide bonds. The molecule has 0 radical (unpaired) electrons. The fourth-order valence-corrected chi connectivity index (χ4v) is 5.57. The first-order chi connectivity index (χ1) is 14.2. The van der Waals surface area contributed by atoms with E-state index in [0.29, 0.717) is 18.8 Å². The Morgan fingerprint density at radius 3 is 2.23 bits per heavy atom. The summed E-state index contributed by atoms with van der Waals surface area (Å²) in [5, 5.41) is 0. The fraction of sp³-hybridized carbons (Fsp3) is 0.368. The highest BCUT2D eigenvalue weighted by molar-refractivity contribution is 7.89. The first-order valence-corrected chi connectivity index (χ1v) is 12.2. The monoisotopic (exact) mass is 458 g/mol. The molecule has 11 heteroatoms. The lowest BCUT2D eigenvalue weighted by atomic mass is 10.3. The van der Waals surface area contributed by atoms with Gasteiger partial charge in [-0.15, -0.1) is 0 Å². The van der Waals surface area contributed by atoms with Crippen molar-refractivity contribution >= 4 is 20.0 Å². The zero-order valence-electron chi connectivity index (χ0n) is 16.4. The molecule has 0 bridgehead atoms. The van der Waals surface area contributed by atoms with Crippen LogP contribution in [0, 0.1) is 5.82 Å². The van der Waals surface area contributed by atoms with Gasteiger partial charge in [0.05, 0.1) is 16.9 Å². The van der Waals surface area contributed by atoms with Crippen LogP contribution >= 0.6 is 0 Å². The molecule has 0 atom stereocenters. The number of benzene rings is 2. The summed E-state index contributed by atoms with van der Waals surface area (Å²) in [7, 11) is -6.11. The molecule has 0 aliphatic carbocycles. The van der Waals surface area contributed by atoms with E-state index in [2.05, 4.69) is 4.72 Å². The van der Waals surface area contributed by atoms with E-state index in [-0.39, 0.29) is 28.7 Å². The van der Waals surface area contributed by atoms with Crippen molar-refractivity contribution in [2.45, 2.75) is 22.6 Å². The molecule has 0 spiro atoms. The van der Waals surface area contributed by atoms with Crippen molar-refractivity contribution in [3.05, 3.63) is 48.3 Å². The largest absolute Gasteiger partial charge is 0.494 e. The SMILES string of the molecule is COc1ccc(S(=O)(=O)NCCOc2ccc(S(=O)(=O)N3CCCC3)cc2)cc1F. The molecule has 1 aliphatic heterocycles. The summed E-state index contributed by atoms with van der Waals surface area (Å²) in [6.07, 6.45) is 1.72. The lowest BCUT2D eigenvalue weighted by Crippen LogP contribution is -2.28. The van der Waals surface area contributed by atoms with Gasteiger partial charge in [0.15, 0.2) is 11.6 Å². The van der Waals surface area contributed by atoms with Gasteiger partial charge in [-0.05, 0) is 55.3 Å². The van der Waals surface area contributed by atoms with Crippen LogP contribution in [0.4, 0.5) is 4.39 Å². The Labute approximate surface area is 175 Å². The van der Waals surface area contributed by atoms with Gasteiger partial charge in [-0.2, -0.15) is 4.31 Å². The quantitative estimate of drug-likeness (QED) is 0.577. The smallest absolute Gasteiger partial charge is 0.243 e. The number of sulfonamides is 2. The van der Waals surface area contributed by atoms with Crippen molar-refractivity contribution in [2.24, 2.45) is 0 Å². The molecule has 2 aromatic carbocycles. The van der Waals surface area contributed by atoms with Crippen LogP contribution in [0.3, 0.4) is 0 Å². The number of hydrogen-bond donors (Lipinski definition) is 1. The summed E-state index contributed by atoms with van der Waals surface area (Å²) >= 11 is 0. The van der Waals surface area contributed by atoms with Crippen molar-refractivity contribution in [3.8, 4) is 11.5 Å². The van der Waals surface area contributed by atoms with Crippen LogP contribution in [-0.4, -0.2) is 54.5 Å². The first kappa shape index (κ1) is 22.5. The zero-order chi connectivity index (χ0) is 21.8. The van der Waals surface area contributed by atoms with Crippen LogP contribution in [0.1, 0.15) is 12.8 Å². The molecule has 164 valence electrons. The second-order valence-corrected chi connectivity index (χ2v) is 10.3. The number of nitrogens with one attached hydrogen (secondary N) is 1. The predicted molar refractivity (Wildman–Crippen MR) is 108 cm³/mol. The highest BCUT2D eigenvalue weighted by atomic mass is 32.2. The minimum Gasteiger partial charge on any atom is -0.494 e. The maximum Gasteiger partial charge on any atom is 0.243 e. The molecular weight excluding hydrogens is 435 g/mol. The summed E-state index contributed by atoms with van der Waals surface area (Å²) in [6, 6.07) is 9.33. The van der Waals surface area contributed by atoms with Gasteiger partial charge in [0.25, 0.3) is 0 Å². The minimum atomic E-state index is -3.91. The summed E-state index contributed by atoms with van der Waals surface area (Å²) in [4.78, 5) is -0.0312. The Balaban J connectivity index is 1.53. The normalized spacial score (nSPS) is 15.3. The van der Waals surface area contributed by atoms with Gasteiger partial charge in [-0.1, -0.05) is 0 Å². The van der Waals surface area contributed by atoms with Crippen molar-refractivity contribution < 1.29 is 30.7 Å². The lowest BCUT2D eigenvalue weighted by Gasteiger charge is -2.15. The van der Waals surface area contributed by atoms with Gasteiger partial charge in [0, 0.05) is 19.6 Å². The Hall–Kier alpha value is -2.21. The van der Waals surface area contributed by atoms with E-state index in [4.69, 9.17) is 9.47 Å². The Morgan fingerprint density at radius 1 is 1.00 bits per heavy atom. The molecule has 1 N–H and O–H groups in total. The topological polar surface area (TPSA) is 102 Å². The number of nitrogens with zero attached hydrogens (tertiary/aromatic N) is 1. The molecule has 0 unspecified atom stereocenters. The molecule has 1 aliphatic rings. The van der Waals surface area contributed by atoms with Crippen LogP contribution in [0.5, 0.6) is 11.5 Å². The molecule has 8 nitrogen and oxygen atoms in total. The van der Waals surface area contributed by atoms with Gasteiger partial charge < -0.3 is 9.47 Å². The highest BCUT2D eigenvalue weighted by Gasteiger charge is 2.27. The third-order valence-corrected chi connectivity index (χ3v) is 7.99. The molecule has 1 saturated heterocycles. The van der Waals surface area contributed by atoms with E-state index in [1.54, 1.807) is 0 Å². The Bertz CT molecular complexity index is 1080. The fourth-order valence-electron chi connectivity index (χ4n) is 3.03. The van der Waals surface area contributed by atoms with Crippen LogP contribution in [0.2, 0.25) is 0 Å². The molecule has 3 rings (SSSR count). The molecule has 2 aromatic rings. The van der Waals surface area contributed by atoms with E-state index in [9.17, 15) is 21.2 Å². The Kier molecular flexibility index (Phi) is 6.96. The van der Waals surface area contributed by atoms with Crippen molar-refractivity contribution in [3.63, 3.8) is 0 Å². The first-order valence-electron chi connectivity index (χ1n) is 9.30. The van der Waals surface area contributed by atoms with Crippen LogP contribution < -0.4 is 14.2 Å². The maximum absolute atomic E-state index is 13.7. The highest BCUT2D eigenvalue weighted by Crippen LogP contribution is 2.23. The lowest BCUT2D eigenvalue weighted by molar-refractivity contribution is 0.322. The summed E-state index contributed by atoms with van der Waals surface area (Å²) in [5.41, 5.74) is 0. The second-order valence-electron chi connectivity index (χ2n) is 6.63. The van der Waals surface area contributed by atoms with Gasteiger partial charge in [-0.25, -0.2) is 25.9 Å². The molecule has 1 fully saturated rings. The average molecular weight is 459 g/mol. The van der Waals surface area contributed by atoms with Gasteiger partial charge in [0.2, 0.25) is 20.0 Å². The number of halogens is 1. The van der Waals surface area contributed by atoms with Gasteiger partial charge >= 0.3 is 0 Å². The van der Waals surface area contributed by atoms with E-state index < -0.39 is 25.9 Å². The van der Waals surface area contributed by atoms with Crippen molar-refractivity contribution in [2.75, 3.05) is 33.4 Å². The van der Waals surface area contributed by atoms with Crippen molar-refractivity contribution in [1.82, 2.24) is 9.03 Å². The van der Waals surface area contributed by atoms with Gasteiger partial charge in [0.1, 0.15) is 12.4 Å². The van der Waals surface area contributed by atoms with E-state index in [1.165, 1.54) is 47.8 Å². The molecular formula is C19H23FN2O6S2. The number of rotatable bonds is 9. The van der Waals surface area contributed by atoms with E-state index >= 15 is 0 Å². The number of hydrogen-bond acceptors (Lipinski definition) is 6. The van der Waals surface area contributed by atoms with Crippen molar-refractivity contribution in [1.29, 1.82) is 0 Å². The zero-order valence-corrected chi connectivity index (χ0v) is 18.0. The second kappa shape index (κ2) is 9.29. The van der Waals surface area contributed by atoms with Gasteiger partial charge in [-0.3, -0.25) is 0 Å². The standard InChI is InChI=1S/C19H23FN2O6S2/c1-27-19-9-8-17(14-18(19)20)29(23,24)21-10-13-28-15-4-6-16(7-5-15)30(25,26)22-11-2-3-12-22/h4-9,14,21H,2-3,10-13H2,1H3. The third kappa shape index (κ3) is 5.09. The third-order valence-electron chi connectivity index (χ3n) is 4.62. The Morgan fingerprint density at radius 2 is 1.63 bits per heavy atom. The molecule has 0 aromatic heterocycles. The van der Waals surface area contributed by atoms with Crippen LogP contribution in [-0.2, 0) is 20.0 Å². The average Bonchev–Trinajstić information content (AvgIpc) is 3.27. The summed E-state index contributed by atoms with van der Waals surface area (Å²) in [6.45, 7) is 1.01. The molecule has 0 saturated carbocycles. The number of methoxy groups -OCH3 is 1. The predicted octanol–water partition coefficient (Wildman–Crippen LogP) is 1.98. The van der Waals surface area contributed by atoms with E-state index in [0.717, 1.165) is 18.9 Å². The maximum atomic E-state index is 13.7. The summed E-state index contributed by atoms with van der Waals surface area (Å²) < 4.78 is 77.2. The minimum absolute atomic E-state index is 0.0100. The number of ether oxygens (including phenoxy) is 2. The summed E-state index contributed by atoms with van der Waals surface area (Å²) in [5.74, 6) is -0.418. The van der Waals surface area contributed by atoms with Crippen LogP contribution in [0.15, 0.2) is 52.3 Å². The van der Waals surface area contributed by atoms with E-state index in [1.807, 2.05) is 0 Å².